The van der Waals surface area contributed by atoms with E-state index in [-0.39, 0.29) is 6.04 Å². The molecule has 0 spiro atoms. The van der Waals surface area contributed by atoms with Crippen molar-refractivity contribution in [2.75, 3.05) is 13.7 Å². The molecule has 0 bridgehead atoms. The Morgan fingerprint density at radius 3 is 2.94 bits per heavy atom. The third-order valence-electron chi connectivity index (χ3n) is 2.16. The van der Waals surface area contributed by atoms with Crippen molar-refractivity contribution in [3.05, 3.63) is 18.1 Å². The Morgan fingerprint density at radius 2 is 2.31 bits per heavy atom. The molecule has 0 saturated heterocycles. The third-order valence-corrected chi connectivity index (χ3v) is 2.16. The highest BCUT2D eigenvalue weighted by Crippen LogP contribution is 2.16. The second-order valence-corrected chi connectivity index (χ2v) is 3.23. The second kappa shape index (κ2) is 6.81. The van der Waals surface area contributed by atoms with E-state index in [2.05, 4.69) is 34.0 Å². The van der Waals surface area contributed by atoms with Crippen LogP contribution in [-0.2, 0) is 0 Å². The topological polar surface area (TPSA) is 47.0 Å². The molecule has 1 unspecified atom stereocenters. The highest BCUT2D eigenvalue weighted by Gasteiger charge is 2.11. The molecule has 86 valence electrons. The van der Waals surface area contributed by atoms with Gasteiger partial charge < -0.3 is 10.1 Å². The molecule has 1 heterocycles. The van der Waals surface area contributed by atoms with Crippen LogP contribution in [0.25, 0.3) is 0 Å². The molecule has 0 amide bonds. The number of ether oxygens (including phenoxy) is 1. The molecular weight excluding hydrogens is 202 g/mol. The summed E-state index contributed by atoms with van der Waals surface area (Å²) in [6, 6.07) is 1.97. The molecule has 0 radical (unpaired) electrons. The predicted octanol–water partition coefficient (Wildman–Crippen LogP) is 1.55. The largest absolute Gasteiger partial charge is 0.481 e. The van der Waals surface area contributed by atoms with Crippen molar-refractivity contribution in [2.45, 2.75) is 26.3 Å². The van der Waals surface area contributed by atoms with Gasteiger partial charge in [-0.2, -0.15) is 0 Å². The maximum atomic E-state index is 5.07. The lowest BCUT2D eigenvalue weighted by atomic mass is 10.1. The molecule has 1 N–H and O–H groups in total. The van der Waals surface area contributed by atoms with Crippen LogP contribution in [0.4, 0.5) is 0 Å². The van der Waals surface area contributed by atoms with Crippen LogP contribution in [0, 0.1) is 11.8 Å². The lowest BCUT2D eigenvalue weighted by Gasteiger charge is -2.14. The molecule has 0 aliphatic rings. The van der Waals surface area contributed by atoms with Crippen LogP contribution in [0.1, 0.15) is 32.0 Å². The maximum Gasteiger partial charge on any atom is 0.216 e. The normalized spacial score (nSPS) is 11.4. The van der Waals surface area contributed by atoms with E-state index in [9.17, 15) is 0 Å². The number of hydrogen-bond acceptors (Lipinski definition) is 4. The minimum atomic E-state index is 0.134. The lowest BCUT2D eigenvalue weighted by molar-refractivity contribution is 0.394. The smallest absolute Gasteiger partial charge is 0.216 e. The van der Waals surface area contributed by atoms with Crippen LogP contribution in [0.15, 0.2) is 12.4 Å². The van der Waals surface area contributed by atoms with Crippen LogP contribution in [-0.4, -0.2) is 23.6 Å². The predicted molar refractivity (Wildman–Crippen MR) is 63.1 cm³/mol. The summed E-state index contributed by atoms with van der Waals surface area (Å²) in [5.74, 6) is 6.53. The van der Waals surface area contributed by atoms with Crippen LogP contribution in [0.3, 0.4) is 0 Å². The van der Waals surface area contributed by atoms with Gasteiger partial charge in [0.2, 0.25) is 5.88 Å². The van der Waals surface area contributed by atoms with Crippen molar-refractivity contribution in [1.82, 2.24) is 15.3 Å². The first-order valence-corrected chi connectivity index (χ1v) is 5.30. The Balaban J connectivity index is 2.84. The van der Waals surface area contributed by atoms with E-state index in [0.29, 0.717) is 5.88 Å². The van der Waals surface area contributed by atoms with Gasteiger partial charge in [0.1, 0.15) is 6.33 Å². The third kappa shape index (κ3) is 3.52. The summed E-state index contributed by atoms with van der Waals surface area (Å²) >= 11 is 0. The fourth-order valence-corrected chi connectivity index (χ4v) is 1.39. The molecule has 1 atom stereocenters. The van der Waals surface area contributed by atoms with Crippen LogP contribution in [0.5, 0.6) is 5.88 Å². The molecule has 0 saturated carbocycles. The minimum absolute atomic E-state index is 0.134. The van der Waals surface area contributed by atoms with Gasteiger partial charge >= 0.3 is 0 Å². The van der Waals surface area contributed by atoms with Gasteiger partial charge in [-0.25, -0.2) is 9.97 Å². The average molecular weight is 219 g/mol. The van der Waals surface area contributed by atoms with Gasteiger partial charge in [0.15, 0.2) is 0 Å². The van der Waals surface area contributed by atoms with E-state index in [0.717, 1.165) is 18.7 Å². The summed E-state index contributed by atoms with van der Waals surface area (Å²) in [7, 11) is 1.60. The second-order valence-electron chi connectivity index (χ2n) is 3.23. The minimum Gasteiger partial charge on any atom is -0.481 e. The van der Waals surface area contributed by atoms with Gasteiger partial charge in [-0.3, -0.25) is 0 Å². The summed E-state index contributed by atoms with van der Waals surface area (Å²) in [5, 5.41) is 3.34. The Hall–Kier alpha value is -1.60. The van der Waals surface area contributed by atoms with E-state index < -0.39 is 0 Å². The number of rotatable bonds is 5. The Labute approximate surface area is 96.5 Å². The number of hydrogen-bond donors (Lipinski definition) is 1. The summed E-state index contributed by atoms with van der Waals surface area (Å²) in [5.41, 5.74) is 0.913. The quantitative estimate of drug-likeness (QED) is 0.763. The molecule has 0 fully saturated rings. The fourth-order valence-electron chi connectivity index (χ4n) is 1.39. The lowest BCUT2D eigenvalue weighted by Crippen LogP contribution is -2.21. The Bertz CT molecular complexity index is 381. The highest BCUT2D eigenvalue weighted by molar-refractivity contribution is 5.18. The maximum absolute atomic E-state index is 5.07. The zero-order valence-corrected chi connectivity index (χ0v) is 9.95. The van der Waals surface area contributed by atoms with Crippen molar-refractivity contribution in [3.8, 4) is 17.7 Å². The first-order chi connectivity index (χ1) is 7.81. The molecule has 1 aromatic heterocycles. The molecule has 0 aliphatic carbocycles. The average Bonchev–Trinajstić information content (AvgIpc) is 2.34. The standard InChI is InChI=1S/C12H17N3O/c1-4-6-7-10(13-5-2)11-8-12(16-3)15-9-14-11/h8-10,13H,5,7H2,1-3H3. The molecule has 0 aromatic carbocycles. The first kappa shape index (κ1) is 12.5. The van der Waals surface area contributed by atoms with Gasteiger partial charge in [-0.15, -0.1) is 11.8 Å². The summed E-state index contributed by atoms with van der Waals surface area (Å²) in [4.78, 5) is 8.22. The van der Waals surface area contributed by atoms with Crippen molar-refractivity contribution in [1.29, 1.82) is 0 Å². The van der Waals surface area contributed by atoms with E-state index in [4.69, 9.17) is 4.74 Å². The molecule has 4 heteroatoms. The van der Waals surface area contributed by atoms with E-state index in [1.54, 1.807) is 7.11 Å². The van der Waals surface area contributed by atoms with Gasteiger partial charge in [-0.1, -0.05) is 6.92 Å². The molecule has 0 aliphatic heterocycles. The van der Waals surface area contributed by atoms with Crippen molar-refractivity contribution in [2.24, 2.45) is 0 Å². The van der Waals surface area contributed by atoms with Crippen molar-refractivity contribution >= 4 is 0 Å². The monoisotopic (exact) mass is 219 g/mol. The number of methoxy groups -OCH3 is 1. The Morgan fingerprint density at radius 1 is 1.50 bits per heavy atom. The number of nitrogens with one attached hydrogen (secondary N) is 1. The van der Waals surface area contributed by atoms with Crippen LogP contribution < -0.4 is 10.1 Å². The summed E-state index contributed by atoms with van der Waals surface area (Å²) in [6.07, 6.45) is 2.25. The van der Waals surface area contributed by atoms with E-state index in [1.807, 2.05) is 13.0 Å². The molecule has 1 rings (SSSR count). The van der Waals surface area contributed by atoms with E-state index in [1.165, 1.54) is 6.33 Å². The summed E-state index contributed by atoms with van der Waals surface area (Å²) in [6.45, 7) is 4.77. The van der Waals surface area contributed by atoms with Crippen molar-refractivity contribution in [3.63, 3.8) is 0 Å². The van der Waals surface area contributed by atoms with Gasteiger partial charge in [0.05, 0.1) is 18.8 Å². The zero-order chi connectivity index (χ0) is 11.8. The molecular formula is C12H17N3O. The van der Waals surface area contributed by atoms with Gasteiger partial charge in [-0.05, 0) is 13.5 Å². The molecule has 4 nitrogen and oxygen atoms in total. The van der Waals surface area contributed by atoms with Gasteiger partial charge in [0, 0.05) is 12.5 Å². The first-order valence-electron chi connectivity index (χ1n) is 5.30. The van der Waals surface area contributed by atoms with E-state index >= 15 is 0 Å². The fraction of sp³-hybridized carbons (Fsp3) is 0.500. The molecule has 1 aromatic rings. The van der Waals surface area contributed by atoms with Crippen molar-refractivity contribution < 1.29 is 4.74 Å². The van der Waals surface area contributed by atoms with Crippen LogP contribution >= 0.6 is 0 Å². The zero-order valence-electron chi connectivity index (χ0n) is 9.95. The Kier molecular flexibility index (Phi) is 5.30. The number of nitrogens with zero attached hydrogens (tertiary/aromatic N) is 2. The number of aromatic nitrogens is 2. The van der Waals surface area contributed by atoms with Crippen LogP contribution in [0.2, 0.25) is 0 Å². The SMILES string of the molecule is CC#CCC(NCC)c1cc(OC)ncn1. The molecule has 16 heavy (non-hydrogen) atoms. The highest BCUT2D eigenvalue weighted by atomic mass is 16.5. The summed E-state index contributed by atoms with van der Waals surface area (Å²) < 4.78 is 5.07. The van der Waals surface area contributed by atoms with Gasteiger partial charge in [0.25, 0.3) is 0 Å².